The third kappa shape index (κ3) is 5.16. The van der Waals surface area contributed by atoms with Crippen LogP contribution in [0.1, 0.15) is 47.3 Å². The summed E-state index contributed by atoms with van der Waals surface area (Å²) >= 11 is 0. The van der Waals surface area contributed by atoms with Gasteiger partial charge in [-0.15, -0.1) is 0 Å². The van der Waals surface area contributed by atoms with Gasteiger partial charge in [0.2, 0.25) is 5.43 Å². The zero-order chi connectivity index (χ0) is 23.3. The Balaban J connectivity index is 1.94. The number of aromatic nitrogens is 2. The highest BCUT2D eigenvalue weighted by atomic mass is 19.1. The molecule has 0 aliphatic heterocycles. The molecule has 9 heteroatoms. The van der Waals surface area contributed by atoms with Crippen LogP contribution < -0.4 is 5.43 Å². The number of benzene rings is 2. The molecular formula is C23H22F3N3O3. The smallest absolute Gasteiger partial charge is 0.275 e. The lowest BCUT2D eigenvalue weighted by molar-refractivity contribution is 0.0740. The van der Waals surface area contributed by atoms with Gasteiger partial charge in [0.1, 0.15) is 17.5 Å². The highest BCUT2D eigenvalue weighted by molar-refractivity contribution is 5.94. The fourth-order valence-corrected chi connectivity index (χ4v) is 3.58. The van der Waals surface area contributed by atoms with Crippen LogP contribution in [-0.4, -0.2) is 39.2 Å². The largest absolute Gasteiger partial charge is 0.502 e. The van der Waals surface area contributed by atoms with E-state index in [1.54, 1.807) is 6.07 Å². The third-order valence-electron chi connectivity index (χ3n) is 5.10. The van der Waals surface area contributed by atoms with Crippen LogP contribution in [0.25, 0.3) is 0 Å². The summed E-state index contributed by atoms with van der Waals surface area (Å²) < 4.78 is 42.3. The maximum absolute atomic E-state index is 14.6. The van der Waals surface area contributed by atoms with E-state index in [1.165, 1.54) is 23.1 Å². The van der Waals surface area contributed by atoms with E-state index >= 15 is 0 Å². The van der Waals surface area contributed by atoms with Crippen molar-refractivity contribution in [3.8, 4) is 5.75 Å². The van der Waals surface area contributed by atoms with Crippen LogP contribution in [0.2, 0.25) is 0 Å². The lowest BCUT2D eigenvalue weighted by Gasteiger charge is -2.26. The molecule has 0 aliphatic rings. The number of aromatic hydroxyl groups is 1. The number of aromatic amines is 1. The summed E-state index contributed by atoms with van der Waals surface area (Å²) in [5.74, 6) is -3.96. The number of H-pyrrole nitrogens is 1. The molecule has 0 saturated heterocycles. The molecule has 0 radical (unpaired) electrons. The summed E-state index contributed by atoms with van der Waals surface area (Å²) in [6.45, 7) is 2.18. The maximum Gasteiger partial charge on any atom is 0.275 e. The van der Waals surface area contributed by atoms with Crippen molar-refractivity contribution < 1.29 is 23.1 Å². The third-order valence-corrected chi connectivity index (χ3v) is 5.10. The fourth-order valence-electron chi connectivity index (χ4n) is 3.58. The Kier molecular flexibility index (Phi) is 7.29. The number of nitrogens with zero attached hydrogens (tertiary/aromatic N) is 2. The van der Waals surface area contributed by atoms with E-state index in [2.05, 4.69) is 10.2 Å². The Morgan fingerprint density at radius 1 is 1.12 bits per heavy atom. The summed E-state index contributed by atoms with van der Waals surface area (Å²) in [5, 5.41) is 15.8. The Bertz CT molecular complexity index is 1170. The van der Waals surface area contributed by atoms with Crippen molar-refractivity contribution in [2.24, 2.45) is 0 Å². The standard InChI is InChI=1S/C23H22F3N3O3/c1-2-9-29(23(32)21-22(31)20(30)13-27-28-21)10-8-17(14-4-3-5-15(24)11-14)18-12-16(25)6-7-19(18)26/h3-7,11-13,17H,2,8-10H2,1H3,(H,27,31)(H,28,30). The van der Waals surface area contributed by atoms with E-state index in [0.29, 0.717) is 12.0 Å². The molecule has 32 heavy (non-hydrogen) atoms. The molecule has 1 unspecified atom stereocenters. The molecule has 0 saturated carbocycles. The van der Waals surface area contributed by atoms with Crippen molar-refractivity contribution in [3.05, 3.63) is 93.2 Å². The van der Waals surface area contributed by atoms with Gasteiger partial charge in [0.25, 0.3) is 5.91 Å². The molecule has 1 aromatic heterocycles. The molecule has 1 atom stereocenters. The van der Waals surface area contributed by atoms with Gasteiger partial charge < -0.3 is 10.0 Å². The van der Waals surface area contributed by atoms with Gasteiger partial charge in [-0.3, -0.25) is 14.7 Å². The summed E-state index contributed by atoms with van der Waals surface area (Å²) in [4.78, 5) is 25.9. The van der Waals surface area contributed by atoms with Gasteiger partial charge in [-0.25, -0.2) is 13.2 Å². The first-order chi connectivity index (χ1) is 15.3. The summed E-state index contributed by atoms with van der Waals surface area (Å²) in [6.07, 6.45) is 1.56. The first-order valence-electron chi connectivity index (χ1n) is 10.1. The number of amides is 1. The number of halogens is 3. The van der Waals surface area contributed by atoms with Crippen molar-refractivity contribution in [2.75, 3.05) is 13.1 Å². The molecule has 1 heterocycles. The van der Waals surface area contributed by atoms with Crippen LogP contribution in [0.3, 0.4) is 0 Å². The van der Waals surface area contributed by atoms with Gasteiger partial charge in [0, 0.05) is 19.0 Å². The van der Waals surface area contributed by atoms with Crippen molar-refractivity contribution in [1.82, 2.24) is 15.1 Å². The molecule has 3 aromatic rings. The average molecular weight is 445 g/mol. The number of rotatable bonds is 8. The Hall–Kier alpha value is -3.62. The van der Waals surface area contributed by atoms with Crippen molar-refractivity contribution >= 4 is 5.91 Å². The normalized spacial score (nSPS) is 11.9. The van der Waals surface area contributed by atoms with Crippen LogP contribution in [-0.2, 0) is 0 Å². The first-order valence-corrected chi connectivity index (χ1v) is 10.1. The lowest BCUT2D eigenvalue weighted by Crippen LogP contribution is -2.35. The van der Waals surface area contributed by atoms with E-state index in [4.69, 9.17) is 0 Å². The number of hydrogen-bond acceptors (Lipinski definition) is 4. The molecule has 2 aromatic carbocycles. The van der Waals surface area contributed by atoms with E-state index in [1.807, 2.05) is 6.92 Å². The molecule has 0 aliphatic carbocycles. The van der Waals surface area contributed by atoms with Crippen LogP contribution in [0.5, 0.6) is 5.75 Å². The molecule has 168 valence electrons. The predicted molar refractivity (Wildman–Crippen MR) is 112 cm³/mol. The lowest BCUT2D eigenvalue weighted by atomic mass is 9.87. The number of carbonyl (C=O) groups is 1. The number of carbonyl (C=O) groups excluding carboxylic acids is 1. The highest BCUT2D eigenvalue weighted by Crippen LogP contribution is 2.31. The fraction of sp³-hybridized carbons (Fsp3) is 0.261. The minimum Gasteiger partial charge on any atom is -0.502 e. The molecule has 0 bridgehead atoms. The molecule has 6 nitrogen and oxygen atoms in total. The van der Waals surface area contributed by atoms with E-state index in [9.17, 15) is 27.9 Å². The van der Waals surface area contributed by atoms with E-state index in [0.717, 1.165) is 24.4 Å². The van der Waals surface area contributed by atoms with Crippen molar-refractivity contribution in [1.29, 1.82) is 0 Å². The topological polar surface area (TPSA) is 86.3 Å². The first kappa shape index (κ1) is 23.1. The molecule has 2 N–H and O–H groups in total. The summed E-state index contributed by atoms with van der Waals surface area (Å²) in [5.41, 5.74) is -0.693. The quantitative estimate of drug-likeness (QED) is 0.550. The van der Waals surface area contributed by atoms with Gasteiger partial charge in [-0.05, 0) is 54.3 Å². The molecule has 1 amide bonds. The molecule has 0 fully saturated rings. The van der Waals surface area contributed by atoms with Gasteiger partial charge in [0.15, 0.2) is 11.4 Å². The monoisotopic (exact) mass is 445 g/mol. The molecule has 3 rings (SSSR count). The van der Waals surface area contributed by atoms with Gasteiger partial charge >= 0.3 is 0 Å². The summed E-state index contributed by atoms with van der Waals surface area (Å²) in [6, 6.07) is 8.63. The van der Waals surface area contributed by atoms with Gasteiger partial charge in [-0.1, -0.05) is 19.1 Å². The predicted octanol–water partition coefficient (Wildman–Crippen LogP) is 3.97. The van der Waals surface area contributed by atoms with Crippen LogP contribution in [0.15, 0.2) is 53.5 Å². The zero-order valence-electron chi connectivity index (χ0n) is 17.3. The van der Waals surface area contributed by atoms with Crippen molar-refractivity contribution in [3.63, 3.8) is 0 Å². The minimum atomic E-state index is -0.803. The van der Waals surface area contributed by atoms with Gasteiger partial charge in [-0.2, -0.15) is 5.10 Å². The SMILES string of the molecule is CCCN(CCC(c1cccc(F)c1)c1cc(F)ccc1F)C(=O)c1[nH]ncc(=O)c1O. The van der Waals surface area contributed by atoms with Crippen LogP contribution >= 0.6 is 0 Å². The highest BCUT2D eigenvalue weighted by Gasteiger charge is 2.25. The summed E-state index contributed by atoms with van der Waals surface area (Å²) in [7, 11) is 0. The Morgan fingerprint density at radius 3 is 2.59 bits per heavy atom. The van der Waals surface area contributed by atoms with Crippen LogP contribution in [0, 0.1) is 17.5 Å². The number of hydrogen-bond donors (Lipinski definition) is 2. The second-order valence-electron chi connectivity index (χ2n) is 7.31. The van der Waals surface area contributed by atoms with E-state index in [-0.39, 0.29) is 30.8 Å². The van der Waals surface area contributed by atoms with Crippen LogP contribution in [0.4, 0.5) is 13.2 Å². The zero-order valence-corrected chi connectivity index (χ0v) is 17.3. The second-order valence-corrected chi connectivity index (χ2v) is 7.31. The van der Waals surface area contributed by atoms with Crippen molar-refractivity contribution in [2.45, 2.75) is 25.7 Å². The average Bonchev–Trinajstić information content (AvgIpc) is 2.77. The molecular weight excluding hydrogens is 423 g/mol. The van der Waals surface area contributed by atoms with E-state index < -0.39 is 40.5 Å². The molecule has 0 spiro atoms. The Labute approximate surface area is 182 Å². The van der Waals surface area contributed by atoms with Gasteiger partial charge in [0.05, 0.1) is 6.20 Å². The number of nitrogens with one attached hydrogen (secondary N) is 1. The minimum absolute atomic E-state index is 0.0390. The second kappa shape index (κ2) is 10.1. The maximum atomic E-state index is 14.6. The Morgan fingerprint density at radius 2 is 1.88 bits per heavy atom.